The van der Waals surface area contributed by atoms with Gasteiger partial charge in [0.2, 0.25) is 11.8 Å². The third-order valence-electron chi connectivity index (χ3n) is 2.12. The van der Waals surface area contributed by atoms with Crippen LogP contribution in [-0.4, -0.2) is 39.8 Å². The van der Waals surface area contributed by atoms with Gasteiger partial charge in [-0.05, 0) is 6.92 Å². The van der Waals surface area contributed by atoms with E-state index in [0.29, 0.717) is 5.89 Å². The van der Waals surface area contributed by atoms with Crippen LogP contribution in [0.15, 0.2) is 4.42 Å². The minimum Gasteiger partial charge on any atom is -0.480 e. The van der Waals surface area contributed by atoms with Gasteiger partial charge in [0.05, 0.1) is 6.54 Å². The summed E-state index contributed by atoms with van der Waals surface area (Å²) >= 11 is 0. The number of amides is 1. The highest BCUT2D eigenvalue weighted by atomic mass is 16.4. The van der Waals surface area contributed by atoms with Crippen molar-refractivity contribution in [3.8, 4) is 0 Å². The number of hydrogen-bond acceptors (Lipinski definition) is 6. The van der Waals surface area contributed by atoms with Gasteiger partial charge in [0.15, 0.2) is 0 Å². The van der Waals surface area contributed by atoms with Gasteiger partial charge in [0, 0.05) is 5.92 Å². The Labute approximate surface area is 104 Å². The molecule has 0 spiro atoms. The van der Waals surface area contributed by atoms with Crippen molar-refractivity contribution < 1.29 is 19.1 Å². The molecule has 0 aliphatic carbocycles. The first-order chi connectivity index (χ1) is 8.40. The number of hydrogen-bond donors (Lipinski definition) is 3. The molecule has 8 nitrogen and oxygen atoms in total. The summed E-state index contributed by atoms with van der Waals surface area (Å²) in [6.45, 7) is 5.07. The maximum atomic E-state index is 11.4. The zero-order valence-electron chi connectivity index (χ0n) is 10.4. The molecule has 8 heteroatoms. The molecule has 1 heterocycles. The first-order valence-electron chi connectivity index (χ1n) is 5.49. The van der Waals surface area contributed by atoms with Crippen LogP contribution in [0, 0.1) is 0 Å². The van der Waals surface area contributed by atoms with E-state index in [4.69, 9.17) is 9.52 Å². The molecular weight excluding hydrogens is 240 g/mol. The number of carboxylic acid groups (broad SMARTS) is 1. The molecular formula is C10H16N4O4. The molecule has 0 bridgehead atoms. The molecule has 1 aromatic rings. The molecule has 0 saturated carbocycles. The lowest BCUT2D eigenvalue weighted by atomic mass is 10.2. The Kier molecular flexibility index (Phi) is 4.78. The zero-order valence-corrected chi connectivity index (χ0v) is 10.4. The van der Waals surface area contributed by atoms with Crippen LogP contribution in [-0.2, 0) is 9.59 Å². The van der Waals surface area contributed by atoms with E-state index in [1.54, 1.807) is 0 Å². The van der Waals surface area contributed by atoms with E-state index in [9.17, 15) is 9.59 Å². The number of carboxylic acids is 1. The second kappa shape index (κ2) is 6.10. The molecule has 1 amide bonds. The third kappa shape index (κ3) is 4.13. The topological polar surface area (TPSA) is 117 Å². The number of carbonyl (C=O) groups is 2. The maximum Gasteiger partial charge on any atom is 0.322 e. The van der Waals surface area contributed by atoms with E-state index >= 15 is 0 Å². The van der Waals surface area contributed by atoms with Crippen LogP contribution in [0.1, 0.15) is 32.6 Å². The summed E-state index contributed by atoms with van der Waals surface area (Å²) in [6.07, 6.45) is 0. The van der Waals surface area contributed by atoms with Gasteiger partial charge in [0.25, 0.3) is 0 Å². The predicted octanol–water partition coefficient (Wildman–Crippen LogP) is 0.194. The molecule has 0 aromatic carbocycles. The van der Waals surface area contributed by atoms with Gasteiger partial charge < -0.3 is 9.52 Å². The summed E-state index contributed by atoms with van der Waals surface area (Å²) in [7, 11) is 0. The fourth-order valence-corrected chi connectivity index (χ4v) is 1.01. The van der Waals surface area contributed by atoms with Crippen molar-refractivity contribution >= 4 is 17.9 Å². The number of aliphatic carboxylic acids is 1. The zero-order chi connectivity index (χ0) is 13.7. The number of nitrogens with zero attached hydrogens (tertiary/aromatic N) is 2. The molecule has 0 radical (unpaired) electrons. The lowest BCUT2D eigenvalue weighted by Gasteiger charge is -2.07. The van der Waals surface area contributed by atoms with E-state index in [1.807, 2.05) is 13.8 Å². The Balaban J connectivity index is 2.42. The van der Waals surface area contributed by atoms with Gasteiger partial charge in [-0.15, -0.1) is 5.10 Å². The first-order valence-corrected chi connectivity index (χ1v) is 5.49. The lowest BCUT2D eigenvalue weighted by Crippen LogP contribution is -2.39. The van der Waals surface area contributed by atoms with Gasteiger partial charge >= 0.3 is 12.0 Å². The second-order valence-corrected chi connectivity index (χ2v) is 4.09. The smallest absolute Gasteiger partial charge is 0.322 e. The van der Waals surface area contributed by atoms with Crippen molar-refractivity contribution in [2.75, 3.05) is 11.9 Å². The average Bonchev–Trinajstić information content (AvgIpc) is 2.74. The summed E-state index contributed by atoms with van der Waals surface area (Å²) < 4.78 is 5.17. The van der Waals surface area contributed by atoms with Crippen LogP contribution in [0.3, 0.4) is 0 Å². The van der Waals surface area contributed by atoms with Gasteiger partial charge in [-0.2, -0.15) is 0 Å². The number of carbonyl (C=O) groups excluding carboxylic acids is 1. The van der Waals surface area contributed by atoms with Gasteiger partial charge in [-0.1, -0.05) is 18.9 Å². The molecule has 0 aliphatic rings. The average molecular weight is 256 g/mol. The summed E-state index contributed by atoms with van der Waals surface area (Å²) in [5.41, 5.74) is 0. The molecule has 100 valence electrons. The first kappa shape index (κ1) is 14.1. The summed E-state index contributed by atoms with van der Waals surface area (Å²) in [4.78, 5) is 21.9. The summed E-state index contributed by atoms with van der Waals surface area (Å²) in [6, 6.07) is -0.793. The lowest BCUT2D eigenvalue weighted by molar-refractivity contribution is -0.139. The van der Waals surface area contributed by atoms with Crippen molar-refractivity contribution in [3.05, 3.63) is 5.89 Å². The number of rotatable bonds is 6. The summed E-state index contributed by atoms with van der Waals surface area (Å²) in [5, 5.41) is 20.9. The minimum absolute atomic E-state index is 0.00785. The Bertz CT molecular complexity index is 429. The molecule has 18 heavy (non-hydrogen) atoms. The monoisotopic (exact) mass is 256 g/mol. The van der Waals surface area contributed by atoms with Crippen molar-refractivity contribution in [3.63, 3.8) is 0 Å². The molecule has 1 aromatic heterocycles. The molecule has 0 saturated heterocycles. The Hall–Kier alpha value is -1.96. The molecule has 1 atom stereocenters. The Morgan fingerprint density at radius 3 is 2.50 bits per heavy atom. The van der Waals surface area contributed by atoms with Crippen LogP contribution in [0.2, 0.25) is 0 Å². The highest BCUT2D eigenvalue weighted by Crippen LogP contribution is 2.14. The van der Waals surface area contributed by atoms with Gasteiger partial charge in [-0.25, -0.2) is 0 Å². The van der Waals surface area contributed by atoms with Crippen molar-refractivity contribution in [1.82, 2.24) is 15.5 Å². The van der Waals surface area contributed by atoms with Crippen LogP contribution in [0.25, 0.3) is 0 Å². The van der Waals surface area contributed by atoms with Gasteiger partial charge in [-0.3, -0.25) is 20.2 Å². The van der Waals surface area contributed by atoms with E-state index < -0.39 is 17.9 Å². The fraction of sp³-hybridized carbons (Fsp3) is 0.600. The minimum atomic E-state index is -1.03. The van der Waals surface area contributed by atoms with Crippen molar-refractivity contribution in [2.24, 2.45) is 0 Å². The maximum absolute atomic E-state index is 11.4. The third-order valence-corrected chi connectivity index (χ3v) is 2.12. The Morgan fingerprint density at radius 2 is 2.00 bits per heavy atom. The highest BCUT2D eigenvalue weighted by molar-refractivity contribution is 5.90. The standard InChI is InChI=1S/C10H16N4O4/c1-5(2)8-13-14-10(18-8)12-7(15)4-11-6(3)9(16)17/h5-6,11H,4H2,1-3H3,(H,16,17)(H,12,14,15)/t6-/m0/s1. The van der Waals surface area contributed by atoms with E-state index in [1.165, 1.54) is 6.92 Å². The largest absolute Gasteiger partial charge is 0.480 e. The fourth-order valence-electron chi connectivity index (χ4n) is 1.01. The number of nitrogens with one attached hydrogen (secondary N) is 2. The molecule has 1 rings (SSSR count). The van der Waals surface area contributed by atoms with E-state index in [-0.39, 0.29) is 18.5 Å². The predicted molar refractivity (Wildman–Crippen MR) is 62.1 cm³/mol. The molecule has 3 N–H and O–H groups in total. The number of anilines is 1. The normalized spacial score (nSPS) is 12.4. The second-order valence-electron chi connectivity index (χ2n) is 4.09. The summed E-state index contributed by atoms with van der Waals surface area (Å²) in [5.74, 6) is -0.963. The van der Waals surface area contributed by atoms with Crippen LogP contribution in [0.5, 0.6) is 0 Å². The SMILES string of the molecule is CC(C)c1nnc(NC(=O)CN[C@@H](C)C(=O)O)o1. The molecule has 0 fully saturated rings. The number of aromatic nitrogens is 2. The van der Waals surface area contributed by atoms with E-state index in [0.717, 1.165) is 0 Å². The molecule has 0 aliphatic heterocycles. The quantitative estimate of drug-likeness (QED) is 0.665. The van der Waals surface area contributed by atoms with Crippen molar-refractivity contribution in [2.45, 2.75) is 32.7 Å². The van der Waals surface area contributed by atoms with E-state index in [2.05, 4.69) is 20.8 Å². The Morgan fingerprint density at radius 1 is 1.33 bits per heavy atom. The van der Waals surface area contributed by atoms with Gasteiger partial charge in [0.1, 0.15) is 6.04 Å². The van der Waals surface area contributed by atoms with Crippen LogP contribution in [0.4, 0.5) is 6.01 Å². The van der Waals surface area contributed by atoms with Crippen LogP contribution >= 0.6 is 0 Å². The highest BCUT2D eigenvalue weighted by Gasteiger charge is 2.14. The van der Waals surface area contributed by atoms with Crippen LogP contribution < -0.4 is 10.6 Å². The van der Waals surface area contributed by atoms with Crippen molar-refractivity contribution in [1.29, 1.82) is 0 Å². The molecule has 0 unspecified atom stereocenters.